The van der Waals surface area contributed by atoms with Crippen molar-refractivity contribution in [3.63, 3.8) is 0 Å². The molecule has 0 saturated carbocycles. The summed E-state index contributed by atoms with van der Waals surface area (Å²) in [4.78, 5) is 24.1. The fourth-order valence-electron chi connectivity index (χ4n) is 2.09. The van der Waals surface area contributed by atoms with Crippen LogP contribution in [0.1, 0.15) is 17.7 Å². The van der Waals surface area contributed by atoms with Gasteiger partial charge in [-0.05, 0) is 30.4 Å². The predicted molar refractivity (Wildman–Crippen MR) is 76.5 cm³/mol. The number of rotatable bonds is 5. The van der Waals surface area contributed by atoms with E-state index in [1.807, 2.05) is 17.5 Å². The fraction of sp³-hybridized carbons (Fsp3) is 0.429. The minimum atomic E-state index is -0.898. The van der Waals surface area contributed by atoms with Crippen molar-refractivity contribution >= 4 is 29.3 Å². The highest BCUT2D eigenvalue weighted by molar-refractivity contribution is 7.10. The van der Waals surface area contributed by atoms with E-state index < -0.39 is 11.4 Å². The molecule has 0 radical (unpaired) electrons. The van der Waals surface area contributed by atoms with E-state index in [4.69, 9.17) is 4.74 Å². The second-order valence-corrected chi connectivity index (χ2v) is 5.74. The molecule has 20 heavy (non-hydrogen) atoms. The summed E-state index contributed by atoms with van der Waals surface area (Å²) in [5.74, 6) is -1.14. The van der Waals surface area contributed by atoms with Gasteiger partial charge in [-0.3, -0.25) is 9.59 Å². The van der Waals surface area contributed by atoms with E-state index in [-0.39, 0.29) is 12.5 Å². The van der Waals surface area contributed by atoms with E-state index in [1.54, 1.807) is 6.08 Å². The largest absolute Gasteiger partial charge is 0.481 e. The maximum absolute atomic E-state index is 11.7. The average Bonchev–Trinajstić information content (AvgIpc) is 2.97. The summed E-state index contributed by atoms with van der Waals surface area (Å²) in [6, 6.07) is 3.81. The van der Waals surface area contributed by atoms with Gasteiger partial charge in [0.15, 0.2) is 0 Å². The van der Waals surface area contributed by atoms with Crippen LogP contribution in [0.2, 0.25) is 0 Å². The molecule has 1 aromatic heterocycles. The number of nitrogens with one attached hydrogen (secondary N) is 1. The number of carboxylic acid groups (broad SMARTS) is 1. The van der Waals surface area contributed by atoms with Crippen molar-refractivity contribution in [3.8, 4) is 0 Å². The number of thiophene rings is 1. The van der Waals surface area contributed by atoms with E-state index >= 15 is 0 Å². The van der Waals surface area contributed by atoms with Crippen LogP contribution < -0.4 is 5.32 Å². The molecule has 1 fully saturated rings. The van der Waals surface area contributed by atoms with Crippen LogP contribution >= 0.6 is 11.3 Å². The maximum Gasteiger partial charge on any atom is 0.311 e. The van der Waals surface area contributed by atoms with Crippen LogP contribution in [0, 0.1) is 5.41 Å². The van der Waals surface area contributed by atoms with Crippen molar-refractivity contribution < 1.29 is 19.4 Å². The molecule has 5 nitrogen and oxygen atoms in total. The van der Waals surface area contributed by atoms with Crippen molar-refractivity contribution in [1.82, 2.24) is 5.32 Å². The molecule has 1 amide bonds. The van der Waals surface area contributed by atoms with Gasteiger partial charge in [0.25, 0.3) is 0 Å². The molecule has 1 aliphatic rings. The lowest BCUT2D eigenvalue weighted by molar-refractivity contribution is -0.154. The first kappa shape index (κ1) is 14.7. The van der Waals surface area contributed by atoms with E-state index in [0.717, 1.165) is 4.88 Å². The monoisotopic (exact) mass is 295 g/mol. The quantitative estimate of drug-likeness (QED) is 0.812. The first-order valence-electron chi connectivity index (χ1n) is 6.43. The lowest BCUT2D eigenvalue weighted by atomic mass is 9.80. The van der Waals surface area contributed by atoms with E-state index in [0.29, 0.717) is 26.1 Å². The minimum absolute atomic E-state index is 0.138. The minimum Gasteiger partial charge on any atom is -0.481 e. The maximum atomic E-state index is 11.7. The van der Waals surface area contributed by atoms with E-state index in [1.165, 1.54) is 17.4 Å². The normalized spacial score (nSPS) is 18.0. The van der Waals surface area contributed by atoms with Crippen LogP contribution in [0.25, 0.3) is 6.08 Å². The van der Waals surface area contributed by atoms with Crippen LogP contribution in [0.5, 0.6) is 0 Å². The van der Waals surface area contributed by atoms with Crippen molar-refractivity contribution in [2.45, 2.75) is 12.8 Å². The van der Waals surface area contributed by atoms with Crippen LogP contribution in [-0.4, -0.2) is 36.7 Å². The molecule has 1 aliphatic heterocycles. The van der Waals surface area contributed by atoms with Gasteiger partial charge in [0.1, 0.15) is 0 Å². The molecule has 2 N–H and O–H groups in total. The van der Waals surface area contributed by atoms with Crippen molar-refractivity contribution in [3.05, 3.63) is 28.5 Å². The third-order valence-electron chi connectivity index (χ3n) is 3.45. The molecule has 2 rings (SSSR count). The molecule has 0 atom stereocenters. The summed E-state index contributed by atoms with van der Waals surface area (Å²) < 4.78 is 5.19. The van der Waals surface area contributed by atoms with Crippen molar-refractivity contribution in [2.75, 3.05) is 19.8 Å². The van der Waals surface area contributed by atoms with Gasteiger partial charge in [-0.1, -0.05) is 6.07 Å². The van der Waals surface area contributed by atoms with Gasteiger partial charge in [0.05, 0.1) is 5.41 Å². The molecule has 0 bridgehead atoms. The summed E-state index contributed by atoms with van der Waals surface area (Å²) in [6.07, 6.45) is 4.01. The Morgan fingerprint density at radius 1 is 1.45 bits per heavy atom. The summed E-state index contributed by atoms with van der Waals surface area (Å²) in [7, 11) is 0. The lowest BCUT2D eigenvalue weighted by Crippen LogP contribution is -2.46. The topological polar surface area (TPSA) is 75.6 Å². The molecule has 1 saturated heterocycles. The molecule has 108 valence electrons. The highest BCUT2D eigenvalue weighted by atomic mass is 32.1. The summed E-state index contributed by atoms with van der Waals surface area (Å²) in [5, 5.41) is 14.0. The molecule has 0 unspecified atom stereocenters. The molecule has 0 aromatic carbocycles. The number of hydrogen-bond acceptors (Lipinski definition) is 4. The van der Waals surface area contributed by atoms with Gasteiger partial charge < -0.3 is 15.2 Å². The van der Waals surface area contributed by atoms with E-state index in [9.17, 15) is 14.7 Å². The molecule has 0 spiro atoms. The summed E-state index contributed by atoms with van der Waals surface area (Å²) in [5.41, 5.74) is -0.898. The van der Waals surface area contributed by atoms with Crippen LogP contribution in [0.4, 0.5) is 0 Å². The highest BCUT2D eigenvalue weighted by Gasteiger charge is 2.40. The molecule has 1 aromatic rings. The Morgan fingerprint density at radius 2 is 2.20 bits per heavy atom. The van der Waals surface area contributed by atoms with Gasteiger partial charge in [0, 0.05) is 30.7 Å². The molecule has 2 heterocycles. The zero-order valence-corrected chi connectivity index (χ0v) is 11.8. The smallest absolute Gasteiger partial charge is 0.311 e. The van der Waals surface area contributed by atoms with Crippen LogP contribution in [0.15, 0.2) is 23.6 Å². The number of amides is 1. The summed E-state index contributed by atoms with van der Waals surface area (Å²) in [6.45, 7) is 0.986. The Balaban J connectivity index is 1.89. The Kier molecular flexibility index (Phi) is 4.92. The third-order valence-corrected chi connectivity index (χ3v) is 4.28. The van der Waals surface area contributed by atoms with Gasteiger partial charge >= 0.3 is 5.97 Å². The lowest BCUT2D eigenvalue weighted by Gasteiger charge is -2.32. The van der Waals surface area contributed by atoms with Gasteiger partial charge in [-0.15, -0.1) is 11.3 Å². The average molecular weight is 295 g/mol. The number of carbonyl (C=O) groups is 2. The second-order valence-electron chi connectivity index (χ2n) is 4.76. The Bertz CT molecular complexity index is 489. The van der Waals surface area contributed by atoms with Gasteiger partial charge in [0.2, 0.25) is 5.91 Å². The van der Waals surface area contributed by atoms with Crippen LogP contribution in [-0.2, 0) is 14.3 Å². The molecular formula is C14H17NO4S. The zero-order valence-electron chi connectivity index (χ0n) is 11.0. The van der Waals surface area contributed by atoms with Gasteiger partial charge in [-0.2, -0.15) is 0 Å². The zero-order chi connectivity index (χ0) is 14.4. The molecule has 6 heteroatoms. The van der Waals surface area contributed by atoms with E-state index in [2.05, 4.69) is 5.32 Å². The molecular weight excluding hydrogens is 278 g/mol. The fourth-order valence-corrected chi connectivity index (χ4v) is 2.71. The Hall–Kier alpha value is -1.66. The number of carboxylic acids is 1. The first-order valence-corrected chi connectivity index (χ1v) is 7.31. The predicted octanol–water partition coefficient (Wildman–Crippen LogP) is 1.76. The number of aliphatic carboxylic acids is 1. The summed E-state index contributed by atoms with van der Waals surface area (Å²) >= 11 is 1.54. The first-order chi connectivity index (χ1) is 9.62. The number of hydrogen-bond donors (Lipinski definition) is 2. The highest BCUT2D eigenvalue weighted by Crippen LogP contribution is 2.30. The van der Waals surface area contributed by atoms with Crippen LogP contribution in [0.3, 0.4) is 0 Å². The second kappa shape index (κ2) is 6.67. The Labute approximate surface area is 121 Å². The molecule has 0 aliphatic carbocycles. The number of ether oxygens (including phenoxy) is 1. The van der Waals surface area contributed by atoms with Gasteiger partial charge in [-0.25, -0.2) is 0 Å². The van der Waals surface area contributed by atoms with Crippen molar-refractivity contribution in [1.29, 1.82) is 0 Å². The SMILES string of the molecule is O=C(/C=C/c1cccs1)NCC1(C(=O)O)CCOCC1. The standard InChI is InChI=1S/C14H17NO4S/c16-12(4-3-11-2-1-9-20-11)15-10-14(13(17)18)5-7-19-8-6-14/h1-4,9H,5-8,10H2,(H,15,16)(H,17,18)/b4-3+. The number of carbonyl (C=O) groups excluding carboxylic acids is 1. The third kappa shape index (κ3) is 3.68. The Morgan fingerprint density at radius 3 is 2.80 bits per heavy atom. The van der Waals surface area contributed by atoms with Crippen molar-refractivity contribution in [2.24, 2.45) is 5.41 Å².